The maximum Gasteiger partial charge on any atom is 0.201 e. The van der Waals surface area contributed by atoms with Gasteiger partial charge >= 0.3 is 0 Å². The van der Waals surface area contributed by atoms with Crippen molar-refractivity contribution in [2.45, 2.75) is 6.54 Å². The van der Waals surface area contributed by atoms with Crippen molar-refractivity contribution in [2.24, 2.45) is 0 Å². The summed E-state index contributed by atoms with van der Waals surface area (Å²) >= 11 is 7.46. The number of imidazole rings is 1. The number of hydrogen-bond donors (Lipinski definition) is 1. The van der Waals surface area contributed by atoms with Gasteiger partial charge in [-0.3, -0.25) is 0 Å². The Kier molecular flexibility index (Phi) is 3.33. The first-order valence-corrected chi connectivity index (χ1v) is 8.03. The molecule has 92 valence electrons. The molecule has 6 heteroatoms. The fourth-order valence-corrected chi connectivity index (χ4v) is 3.79. The van der Waals surface area contributed by atoms with Crippen molar-refractivity contribution in [3.63, 3.8) is 0 Å². The van der Waals surface area contributed by atoms with Crippen LogP contribution < -0.4 is 5.73 Å². The Labute approximate surface area is 130 Å². The first-order chi connectivity index (χ1) is 8.63. The van der Waals surface area contributed by atoms with E-state index in [1.54, 1.807) is 11.3 Å². The lowest BCUT2D eigenvalue weighted by Gasteiger charge is -2.04. The number of aromatic nitrogens is 2. The second-order valence-electron chi connectivity index (χ2n) is 3.92. The normalized spacial score (nSPS) is 11.2. The molecule has 0 bridgehead atoms. The average Bonchev–Trinajstić information content (AvgIpc) is 2.84. The molecule has 0 unspecified atom stereocenters. The van der Waals surface area contributed by atoms with E-state index in [2.05, 4.69) is 67.1 Å². The number of anilines is 1. The Bertz CT molecular complexity index is 719. The second-order valence-corrected chi connectivity index (χ2v) is 7.08. The van der Waals surface area contributed by atoms with Crippen molar-refractivity contribution in [3.8, 4) is 0 Å². The van der Waals surface area contributed by atoms with Crippen molar-refractivity contribution in [1.82, 2.24) is 9.55 Å². The summed E-state index contributed by atoms with van der Waals surface area (Å²) in [7, 11) is 0. The minimum absolute atomic E-state index is 0.566. The first kappa shape index (κ1) is 12.4. The van der Waals surface area contributed by atoms with Gasteiger partial charge in [0, 0.05) is 18.3 Å². The molecule has 2 aromatic heterocycles. The Hall–Kier alpha value is -0.600. The van der Waals surface area contributed by atoms with E-state index in [1.807, 2.05) is 10.6 Å². The zero-order chi connectivity index (χ0) is 12.7. The van der Waals surface area contributed by atoms with Gasteiger partial charge in [0.05, 0.1) is 17.6 Å². The van der Waals surface area contributed by atoms with Crippen LogP contribution in [0.3, 0.4) is 0 Å². The lowest BCUT2D eigenvalue weighted by molar-refractivity contribution is 0.852. The maximum atomic E-state index is 6.00. The summed E-state index contributed by atoms with van der Waals surface area (Å²) < 4.78 is 4.33. The number of halogens is 2. The summed E-state index contributed by atoms with van der Waals surface area (Å²) in [5, 5.41) is 2.08. The molecule has 0 aliphatic rings. The highest BCUT2D eigenvalue weighted by atomic mass is 127. The molecule has 0 saturated carbocycles. The van der Waals surface area contributed by atoms with Crippen LogP contribution in [0.25, 0.3) is 11.0 Å². The lowest BCUT2D eigenvalue weighted by Crippen LogP contribution is -2.03. The fraction of sp³-hybridized carbons (Fsp3) is 0.0833. The summed E-state index contributed by atoms with van der Waals surface area (Å²) in [5.74, 6) is 0.566. The van der Waals surface area contributed by atoms with Crippen LogP contribution in [-0.4, -0.2) is 9.55 Å². The van der Waals surface area contributed by atoms with Crippen LogP contribution in [0.1, 0.15) is 4.88 Å². The molecule has 18 heavy (non-hydrogen) atoms. The molecule has 0 saturated heterocycles. The van der Waals surface area contributed by atoms with Crippen molar-refractivity contribution < 1.29 is 0 Å². The van der Waals surface area contributed by atoms with Gasteiger partial charge in [-0.05, 0) is 62.8 Å². The fourth-order valence-electron chi connectivity index (χ4n) is 1.88. The third-order valence-corrected chi connectivity index (χ3v) is 5.03. The maximum absolute atomic E-state index is 6.00. The average molecular weight is 434 g/mol. The van der Waals surface area contributed by atoms with Crippen LogP contribution in [-0.2, 0) is 6.54 Å². The number of rotatable bonds is 2. The summed E-state index contributed by atoms with van der Waals surface area (Å²) in [4.78, 5) is 5.66. The van der Waals surface area contributed by atoms with Crippen LogP contribution in [0.4, 0.5) is 5.95 Å². The first-order valence-electron chi connectivity index (χ1n) is 5.27. The van der Waals surface area contributed by atoms with Crippen LogP contribution in [0.15, 0.2) is 34.1 Å². The molecule has 3 rings (SSSR count). The Morgan fingerprint density at radius 2 is 2.22 bits per heavy atom. The molecule has 0 aliphatic carbocycles. The van der Waals surface area contributed by atoms with Gasteiger partial charge in [-0.2, -0.15) is 0 Å². The molecule has 1 aromatic carbocycles. The van der Waals surface area contributed by atoms with Crippen molar-refractivity contribution in [1.29, 1.82) is 0 Å². The van der Waals surface area contributed by atoms with Crippen molar-refractivity contribution in [3.05, 3.63) is 42.6 Å². The number of benzene rings is 1. The highest BCUT2D eigenvalue weighted by Gasteiger charge is 2.09. The smallest absolute Gasteiger partial charge is 0.201 e. The van der Waals surface area contributed by atoms with Gasteiger partial charge in [-0.25, -0.2) is 4.98 Å². The molecule has 3 aromatic rings. The predicted molar refractivity (Wildman–Crippen MR) is 88.0 cm³/mol. The highest BCUT2D eigenvalue weighted by Crippen LogP contribution is 2.25. The van der Waals surface area contributed by atoms with Crippen LogP contribution in [0, 0.1) is 3.57 Å². The second kappa shape index (κ2) is 4.82. The number of nitrogens with zero attached hydrogens (tertiary/aromatic N) is 2. The zero-order valence-electron chi connectivity index (χ0n) is 9.23. The van der Waals surface area contributed by atoms with E-state index in [0.717, 1.165) is 22.1 Å². The van der Waals surface area contributed by atoms with E-state index in [-0.39, 0.29) is 0 Å². The van der Waals surface area contributed by atoms with E-state index in [9.17, 15) is 0 Å². The van der Waals surface area contributed by atoms with Gasteiger partial charge in [0.15, 0.2) is 0 Å². The molecule has 0 fully saturated rings. The molecule has 0 radical (unpaired) electrons. The summed E-state index contributed by atoms with van der Waals surface area (Å²) in [6, 6.07) is 8.31. The standard InChI is InChI=1S/C12H9BrIN3S/c13-7-3-9(18-6-7)5-17-11-2-1-8(14)4-10(11)16-12(17)15/h1-4,6H,5H2,(H2,15,16). The van der Waals surface area contributed by atoms with Crippen LogP contribution in [0.2, 0.25) is 0 Å². The minimum Gasteiger partial charge on any atom is -0.369 e. The molecule has 0 amide bonds. The predicted octanol–water partition coefficient (Wildman–Crippen LogP) is 4.10. The van der Waals surface area contributed by atoms with Crippen molar-refractivity contribution >= 4 is 66.8 Å². The number of fused-ring (bicyclic) bond motifs is 1. The van der Waals surface area contributed by atoms with Gasteiger partial charge in [0.1, 0.15) is 0 Å². The van der Waals surface area contributed by atoms with Gasteiger partial charge in [-0.15, -0.1) is 11.3 Å². The SMILES string of the molecule is Nc1nc2cc(I)ccc2n1Cc1cc(Br)cs1. The molecule has 2 heterocycles. The van der Waals surface area contributed by atoms with E-state index in [0.29, 0.717) is 5.95 Å². The summed E-state index contributed by atoms with van der Waals surface area (Å²) in [5.41, 5.74) is 8.04. The van der Waals surface area contributed by atoms with E-state index in [1.165, 1.54) is 8.45 Å². The van der Waals surface area contributed by atoms with Crippen molar-refractivity contribution in [2.75, 3.05) is 5.73 Å². The Balaban J connectivity index is 2.08. The topological polar surface area (TPSA) is 43.8 Å². The summed E-state index contributed by atoms with van der Waals surface area (Å²) in [6.45, 7) is 0.763. The van der Waals surface area contributed by atoms with E-state index < -0.39 is 0 Å². The largest absolute Gasteiger partial charge is 0.369 e. The minimum atomic E-state index is 0.566. The monoisotopic (exact) mass is 433 g/mol. The summed E-state index contributed by atoms with van der Waals surface area (Å²) in [6.07, 6.45) is 0. The van der Waals surface area contributed by atoms with Gasteiger partial charge < -0.3 is 10.3 Å². The van der Waals surface area contributed by atoms with Crippen LogP contribution in [0.5, 0.6) is 0 Å². The molecule has 0 atom stereocenters. The number of nitrogen functional groups attached to an aromatic ring is 1. The zero-order valence-corrected chi connectivity index (χ0v) is 13.8. The number of hydrogen-bond acceptors (Lipinski definition) is 3. The molecule has 3 nitrogen and oxygen atoms in total. The molecule has 0 aliphatic heterocycles. The van der Waals surface area contributed by atoms with E-state index >= 15 is 0 Å². The van der Waals surface area contributed by atoms with Gasteiger partial charge in [0.2, 0.25) is 5.95 Å². The quantitative estimate of drug-likeness (QED) is 0.618. The Morgan fingerprint density at radius 3 is 2.94 bits per heavy atom. The third-order valence-electron chi connectivity index (χ3n) is 2.68. The molecule has 0 spiro atoms. The molecule has 2 N–H and O–H groups in total. The lowest BCUT2D eigenvalue weighted by atomic mass is 10.3. The number of thiophene rings is 1. The van der Waals surface area contributed by atoms with Gasteiger partial charge in [0.25, 0.3) is 0 Å². The van der Waals surface area contributed by atoms with E-state index in [4.69, 9.17) is 5.73 Å². The molecular formula is C12H9BrIN3S. The third kappa shape index (κ3) is 2.28. The molecular weight excluding hydrogens is 425 g/mol. The Morgan fingerprint density at radius 1 is 1.39 bits per heavy atom. The number of nitrogens with two attached hydrogens (primary N) is 1. The van der Waals surface area contributed by atoms with Gasteiger partial charge in [-0.1, -0.05) is 0 Å². The van der Waals surface area contributed by atoms with Crippen LogP contribution >= 0.6 is 49.9 Å². The highest BCUT2D eigenvalue weighted by molar-refractivity contribution is 14.1.